The van der Waals surface area contributed by atoms with E-state index < -0.39 is 0 Å². The molecule has 0 bridgehead atoms. The number of rotatable bonds is 2. The molecule has 3 aromatic rings. The van der Waals surface area contributed by atoms with Gasteiger partial charge in [0.25, 0.3) is 6.01 Å². The highest BCUT2D eigenvalue weighted by atomic mass is 32.1. The summed E-state index contributed by atoms with van der Waals surface area (Å²) in [7, 11) is 0. The number of thiophene rings is 1. The van der Waals surface area contributed by atoms with Crippen molar-refractivity contribution in [1.82, 2.24) is 4.98 Å². The molecule has 0 saturated carbocycles. The number of oxazole rings is 1. The van der Waals surface area contributed by atoms with Crippen molar-refractivity contribution in [1.29, 1.82) is 0 Å². The summed E-state index contributed by atoms with van der Waals surface area (Å²) in [6.07, 6.45) is 0. The van der Waals surface area contributed by atoms with Crippen molar-refractivity contribution in [3.05, 3.63) is 35.0 Å². The van der Waals surface area contributed by atoms with Crippen molar-refractivity contribution < 1.29 is 4.42 Å². The number of nitrogens with two attached hydrogens (primary N) is 1. The largest absolute Gasteiger partial charge is 0.423 e. The highest BCUT2D eigenvalue weighted by Gasteiger charge is 2.05. The Labute approximate surface area is 95.7 Å². The number of nitrogen functional groups attached to an aromatic ring is 1. The fourth-order valence-corrected chi connectivity index (χ4v) is 2.04. The van der Waals surface area contributed by atoms with Crippen LogP contribution in [0, 0.1) is 0 Å². The molecule has 0 fully saturated rings. The molecule has 0 saturated heterocycles. The fraction of sp³-hybridized carbons (Fsp3) is 0. The lowest BCUT2D eigenvalue weighted by molar-refractivity contribution is 0.623. The van der Waals surface area contributed by atoms with Gasteiger partial charge in [-0.1, -0.05) is 0 Å². The maximum atomic E-state index is 5.67. The number of nitrogens with one attached hydrogen (secondary N) is 1. The van der Waals surface area contributed by atoms with Crippen molar-refractivity contribution in [3.8, 4) is 0 Å². The van der Waals surface area contributed by atoms with E-state index in [0.29, 0.717) is 11.7 Å². The normalized spacial score (nSPS) is 10.8. The minimum absolute atomic E-state index is 0.485. The van der Waals surface area contributed by atoms with E-state index in [-0.39, 0.29) is 0 Å². The summed E-state index contributed by atoms with van der Waals surface area (Å²) >= 11 is 1.62. The van der Waals surface area contributed by atoms with Gasteiger partial charge in [0.2, 0.25) is 0 Å². The van der Waals surface area contributed by atoms with Gasteiger partial charge in [-0.2, -0.15) is 16.3 Å². The summed E-state index contributed by atoms with van der Waals surface area (Å²) in [6.45, 7) is 0. The van der Waals surface area contributed by atoms with Crippen molar-refractivity contribution in [3.63, 3.8) is 0 Å². The summed E-state index contributed by atoms with van der Waals surface area (Å²) in [4.78, 5) is 4.30. The van der Waals surface area contributed by atoms with E-state index in [4.69, 9.17) is 10.2 Å². The number of hydrogen-bond donors (Lipinski definition) is 2. The number of nitrogens with zero attached hydrogens (tertiary/aromatic N) is 1. The van der Waals surface area contributed by atoms with Gasteiger partial charge in [0, 0.05) is 11.1 Å². The van der Waals surface area contributed by atoms with Crippen molar-refractivity contribution >= 4 is 39.8 Å². The topological polar surface area (TPSA) is 64.1 Å². The van der Waals surface area contributed by atoms with Crippen LogP contribution in [0.2, 0.25) is 0 Å². The van der Waals surface area contributed by atoms with Gasteiger partial charge in [-0.3, -0.25) is 0 Å². The number of anilines is 3. The molecule has 5 heteroatoms. The van der Waals surface area contributed by atoms with Gasteiger partial charge in [0.05, 0.1) is 5.69 Å². The zero-order valence-electron chi connectivity index (χ0n) is 8.31. The van der Waals surface area contributed by atoms with E-state index >= 15 is 0 Å². The van der Waals surface area contributed by atoms with Crippen molar-refractivity contribution in [2.75, 3.05) is 11.1 Å². The molecule has 4 nitrogen and oxygen atoms in total. The van der Waals surface area contributed by atoms with Crippen LogP contribution in [-0.4, -0.2) is 4.98 Å². The second-order valence-electron chi connectivity index (χ2n) is 3.38. The lowest BCUT2D eigenvalue weighted by Gasteiger charge is -1.94. The van der Waals surface area contributed by atoms with Gasteiger partial charge in [-0.25, -0.2) is 0 Å². The van der Waals surface area contributed by atoms with E-state index in [2.05, 4.69) is 10.3 Å². The molecule has 0 atom stereocenters. The lowest BCUT2D eigenvalue weighted by atomic mass is 10.3. The van der Waals surface area contributed by atoms with E-state index in [0.717, 1.165) is 16.8 Å². The summed E-state index contributed by atoms with van der Waals surface area (Å²) in [5.41, 5.74) is 8.82. The molecule has 2 heterocycles. The van der Waals surface area contributed by atoms with Crippen LogP contribution in [-0.2, 0) is 0 Å². The van der Waals surface area contributed by atoms with E-state index in [1.807, 2.05) is 22.9 Å². The Morgan fingerprint density at radius 3 is 3.06 bits per heavy atom. The second kappa shape index (κ2) is 3.53. The molecular formula is C11H9N3OS. The lowest BCUT2D eigenvalue weighted by Crippen LogP contribution is -1.86. The summed E-state index contributed by atoms with van der Waals surface area (Å²) < 4.78 is 5.52. The molecule has 80 valence electrons. The minimum Gasteiger partial charge on any atom is -0.423 e. The molecule has 0 radical (unpaired) electrons. The average Bonchev–Trinajstić information content (AvgIpc) is 2.86. The van der Waals surface area contributed by atoms with Gasteiger partial charge in [0.1, 0.15) is 5.52 Å². The van der Waals surface area contributed by atoms with Gasteiger partial charge in [-0.15, -0.1) is 0 Å². The third kappa shape index (κ3) is 1.61. The number of fused-ring (bicyclic) bond motifs is 1. The molecule has 2 aromatic heterocycles. The SMILES string of the molecule is Nc1ccc2oc(Nc3ccsc3)nc2c1. The summed E-state index contributed by atoms with van der Waals surface area (Å²) in [5.74, 6) is 0. The van der Waals surface area contributed by atoms with Crippen LogP contribution in [0.1, 0.15) is 0 Å². The maximum absolute atomic E-state index is 5.67. The van der Waals surface area contributed by atoms with Crippen LogP contribution in [0.4, 0.5) is 17.4 Å². The van der Waals surface area contributed by atoms with Crippen LogP contribution in [0.15, 0.2) is 39.4 Å². The third-order valence-electron chi connectivity index (χ3n) is 2.18. The number of hydrogen-bond acceptors (Lipinski definition) is 5. The molecular weight excluding hydrogens is 222 g/mol. The smallest absolute Gasteiger partial charge is 0.300 e. The molecule has 0 spiro atoms. The Hall–Kier alpha value is -2.01. The second-order valence-corrected chi connectivity index (χ2v) is 4.16. The standard InChI is InChI=1S/C11H9N3OS/c12-7-1-2-10-9(5-7)14-11(15-10)13-8-3-4-16-6-8/h1-6H,12H2,(H,13,14). The zero-order chi connectivity index (χ0) is 11.0. The minimum atomic E-state index is 0.485. The van der Waals surface area contributed by atoms with E-state index in [1.165, 1.54) is 0 Å². The monoisotopic (exact) mass is 231 g/mol. The van der Waals surface area contributed by atoms with Crippen molar-refractivity contribution in [2.24, 2.45) is 0 Å². The summed E-state index contributed by atoms with van der Waals surface area (Å²) in [5, 5.41) is 7.06. The number of aromatic nitrogens is 1. The molecule has 16 heavy (non-hydrogen) atoms. The molecule has 0 amide bonds. The predicted molar refractivity (Wildman–Crippen MR) is 66.0 cm³/mol. The highest BCUT2D eigenvalue weighted by molar-refractivity contribution is 7.08. The Kier molecular flexibility index (Phi) is 2.04. The first kappa shape index (κ1) is 9.23. The quantitative estimate of drug-likeness (QED) is 0.665. The highest BCUT2D eigenvalue weighted by Crippen LogP contribution is 2.24. The molecule has 0 aliphatic carbocycles. The Morgan fingerprint density at radius 2 is 2.25 bits per heavy atom. The van der Waals surface area contributed by atoms with E-state index in [9.17, 15) is 0 Å². The Balaban J connectivity index is 1.99. The Morgan fingerprint density at radius 1 is 1.31 bits per heavy atom. The van der Waals surface area contributed by atoms with Gasteiger partial charge in [-0.05, 0) is 29.6 Å². The van der Waals surface area contributed by atoms with Crippen LogP contribution >= 0.6 is 11.3 Å². The van der Waals surface area contributed by atoms with Crippen LogP contribution in [0.5, 0.6) is 0 Å². The molecule has 0 unspecified atom stereocenters. The molecule has 0 aliphatic rings. The van der Waals surface area contributed by atoms with E-state index in [1.54, 1.807) is 23.5 Å². The first-order valence-corrected chi connectivity index (χ1v) is 5.71. The van der Waals surface area contributed by atoms with Gasteiger partial charge < -0.3 is 15.5 Å². The molecule has 3 rings (SSSR count). The summed E-state index contributed by atoms with van der Waals surface area (Å²) in [6, 6.07) is 7.85. The number of benzene rings is 1. The molecule has 1 aromatic carbocycles. The van der Waals surface area contributed by atoms with Gasteiger partial charge in [0.15, 0.2) is 5.58 Å². The zero-order valence-corrected chi connectivity index (χ0v) is 9.12. The third-order valence-corrected chi connectivity index (χ3v) is 2.87. The van der Waals surface area contributed by atoms with Crippen LogP contribution < -0.4 is 11.1 Å². The molecule has 0 aliphatic heterocycles. The van der Waals surface area contributed by atoms with Crippen LogP contribution in [0.25, 0.3) is 11.1 Å². The maximum Gasteiger partial charge on any atom is 0.300 e. The fourth-order valence-electron chi connectivity index (χ4n) is 1.46. The first-order chi connectivity index (χ1) is 7.81. The van der Waals surface area contributed by atoms with Crippen molar-refractivity contribution in [2.45, 2.75) is 0 Å². The Bertz CT molecular complexity index is 615. The first-order valence-electron chi connectivity index (χ1n) is 4.76. The average molecular weight is 231 g/mol. The predicted octanol–water partition coefficient (Wildman–Crippen LogP) is 3.22. The molecule has 3 N–H and O–H groups in total. The van der Waals surface area contributed by atoms with Crippen LogP contribution in [0.3, 0.4) is 0 Å². The van der Waals surface area contributed by atoms with Gasteiger partial charge >= 0.3 is 0 Å².